The number of anilines is 1. The maximum Gasteiger partial charge on any atom is 0.274 e. The van der Waals surface area contributed by atoms with Crippen molar-refractivity contribution < 1.29 is 9.53 Å². The van der Waals surface area contributed by atoms with E-state index < -0.39 is 0 Å². The van der Waals surface area contributed by atoms with Gasteiger partial charge < -0.3 is 14.5 Å². The third-order valence-electron chi connectivity index (χ3n) is 5.62. The lowest BCUT2D eigenvalue weighted by molar-refractivity contribution is 0.0737. The fourth-order valence-electron chi connectivity index (χ4n) is 4.12. The molecule has 0 N–H and O–H groups in total. The van der Waals surface area contributed by atoms with Crippen LogP contribution in [0.5, 0.6) is 5.75 Å². The van der Waals surface area contributed by atoms with E-state index in [1.807, 2.05) is 60.5 Å². The first-order valence-corrected chi connectivity index (χ1v) is 10.1. The Labute approximate surface area is 174 Å². The second-order valence-corrected chi connectivity index (χ2v) is 7.78. The summed E-state index contributed by atoms with van der Waals surface area (Å²) in [6.07, 6.45) is 0. The molecule has 2 aliphatic rings. The van der Waals surface area contributed by atoms with Crippen LogP contribution in [0.3, 0.4) is 0 Å². The van der Waals surface area contributed by atoms with Crippen LogP contribution < -0.4 is 9.64 Å². The van der Waals surface area contributed by atoms with Gasteiger partial charge in [-0.05, 0) is 36.4 Å². The Balaban J connectivity index is 1.36. The summed E-state index contributed by atoms with van der Waals surface area (Å²) in [4.78, 5) is 17.4. The summed E-state index contributed by atoms with van der Waals surface area (Å²) < 4.78 is 7.68. The predicted molar refractivity (Wildman–Crippen MR) is 113 cm³/mol. The molecule has 6 nitrogen and oxygen atoms in total. The molecule has 0 aliphatic carbocycles. The minimum Gasteiger partial charge on any atom is -0.488 e. The van der Waals surface area contributed by atoms with E-state index in [2.05, 4.69) is 10.00 Å². The SMILES string of the molecule is Cn1nc(C(=O)N2CCN(c3ccc(Cl)cc3)CC2)c2c1-c1ccccc1OC2. The number of carbonyl (C=O) groups excluding carboxylic acids is 1. The Bertz CT molecular complexity index is 1070. The number of rotatable bonds is 2. The van der Waals surface area contributed by atoms with Gasteiger partial charge in [0.05, 0.1) is 5.69 Å². The van der Waals surface area contributed by atoms with Crippen molar-refractivity contribution >= 4 is 23.2 Å². The number of aryl methyl sites for hydroxylation is 1. The molecule has 1 aromatic heterocycles. The van der Waals surface area contributed by atoms with Crippen molar-refractivity contribution in [1.29, 1.82) is 0 Å². The molecule has 5 rings (SSSR count). The summed E-state index contributed by atoms with van der Waals surface area (Å²) in [6, 6.07) is 15.7. The molecule has 7 heteroatoms. The third-order valence-corrected chi connectivity index (χ3v) is 5.87. The molecule has 2 aromatic carbocycles. The van der Waals surface area contributed by atoms with Crippen LogP contribution in [0.1, 0.15) is 16.1 Å². The van der Waals surface area contributed by atoms with Gasteiger partial charge in [0, 0.05) is 55.1 Å². The Morgan fingerprint density at radius 2 is 1.76 bits per heavy atom. The molecule has 0 spiro atoms. The molecule has 3 aromatic rings. The standard InChI is InChI=1S/C22H21ClN4O2/c1-25-21-17-4-2-3-5-19(17)29-14-18(21)20(24-25)22(28)27-12-10-26(11-13-27)16-8-6-15(23)7-9-16/h2-9H,10-14H2,1H3. The van der Waals surface area contributed by atoms with E-state index in [1.54, 1.807) is 4.68 Å². The van der Waals surface area contributed by atoms with Crippen LogP contribution in [-0.4, -0.2) is 46.8 Å². The molecule has 148 valence electrons. The molecule has 1 fully saturated rings. The van der Waals surface area contributed by atoms with Crippen molar-refractivity contribution in [2.45, 2.75) is 6.61 Å². The maximum atomic E-state index is 13.2. The number of nitrogens with zero attached hydrogens (tertiary/aromatic N) is 4. The van der Waals surface area contributed by atoms with Crippen molar-refractivity contribution in [2.75, 3.05) is 31.1 Å². The second-order valence-electron chi connectivity index (χ2n) is 7.34. The molecule has 2 aliphatic heterocycles. The highest BCUT2D eigenvalue weighted by Gasteiger charge is 2.31. The van der Waals surface area contributed by atoms with E-state index in [1.165, 1.54) is 0 Å². The minimum atomic E-state index is -0.0272. The molecule has 1 saturated heterocycles. The van der Waals surface area contributed by atoms with Gasteiger partial charge in [-0.15, -0.1) is 0 Å². The Morgan fingerprint density at radius 3 is 2.52 bits per heavy atom. The van der Waals surface area contributed by atoms with Crippen molar-refractivity contribution in [3.05, 3.63) is 64.8 Å². The molecule has 0 atom stereocenters. The summed E-state index contributed by atoms with van der Waals surface area (Å²) in [7, 11) is 1.89. The Kier molecular flexibility index (Phi) is 4.43. The number of piperazine rings is 1. The number of fused-ring (bicyclic) bond motifs is 3. The van der Waals surface area contributed by atoms with Crippen molar-refractivity contribution in [2.24, 2.45) is 7.05 Å². The number of amides is 1. The van der Waals surface area contributed by atoms with E-state index in [0.29, 0.717) is 25.4 Å². The average Bonchev–Trinajstić information content (AvgIpc) is 3.11. The second kappa shape index (κ2) is 7.12. The minimum absolute atomic E-state index is 0.0272. The molecule has 29 heavy (non-hydrogen) atoms. The van der Waals surface area contributed by atoms with Gasteiger partial charge in [-0.2, -0.15) is 5.10 Å². The molecule has 1 amide bonds. The largest absolute Gasteiger partial charge is 0.488 e. The van der Waals surface area contributed by atoms with E-state index in [4.69, 9.17) is 16.3 Å². The average molecular weight is 409 g/mol. The van der Waals surface area contributed by atoms with Crippen LogP contribution in [0.15, 0.2) is 48.5 Å². The van der Waals surface area contributed by atoms with E-state index >= 15 is 0 Å². The fourth-order valence-corrected chi connectivity index (χ4v) is 4.25. The molecule has 0 unspecified atom stereocenters. The zero-order valence-corrected chi connectivity index (χ0v) is 16.9. The highest BCUT2D eigenvalue weighted by molar-refractivity contribution is 6.30. The lowest BCUT2D eigenvalue weighted by Gasteiger charge is -2.36. The van der Waals surface area contributed by atoms with Gasteiger partial charge in [0.2, 0.25) is 0 Å². The number of benzene rings is 2. The molecular weight excluding hydrogens is 388 g/mol. The summed E-state index contributed by atoms with van der Waals surface area (Å²) in [5, 5.41) is 5.30. The maximum absolute atomic E-state index is 13.2. The Hall–Kier alpha value is -2.99. The summed E-state index contributed by atoms with van der Waals surface area (Å²) in [6.45, 7) is 3.24. The van der Waals surface area contributed by atoms with Gasteiger partial charge in [0.15, 0.2) is 5.69 Å². The van der Waals surface area contributed by atoms with E-state index in [-0.39, 0.29) is 5.91 Å². The summed E-state index contributed by atoms with van der Waals surface area (Å²) in [5.41, 5.74) is 4.44. The number of para-hydroxylation sites is 1. The Morgan fingerprint density at radius 1 is 1.03 bits per heavy atom. The van der Waals surface area contributed by atoms with Gasteiger partial charge in [-0.25, -0.2) is 0 Å². The molecule has 0 saturated carbocycles. The van der Waals surface area contributed by atoms with Crippen LogP contribution in [0.25, 0.3) is 11.3 Å². The number of hydrogen-bond acceptors (Lipinski definition) is 4. The number of carbonyl (C=O) groups is 1. The lowest BCUT2D eigenvalue weighted by Crippen LogP contribution is -2.49. The molecule has 3 heterocycles. The van der Waals surface area contributed by atoms with Crippen LogP contribution in [0, 0.1) is 0 Å². The summed E-state index contributed by atoms with van der Waals surface area (Å²) in [5.74, 6) is 0.805. The van der Waals surface area contributed by atoms with E-state index in [9.17, 15) is 4.79 Å². The highest BCUT2D eigenvalue weighted by Crippen LogP contribution is 2.38. The van der Waals surface area contributed by atoms with Crippen LogP contribution >= 0.6 is 11.6 Å². The smallest absolute Gasteiger partial charge is 0.274 e. The summed E-state index contributed by atoms with van der Waals surface area (Å²) >= 11 is 5.98. The van der Waals surface area contributed by atoms with Gasteiger partial charge in [0.25, 0.3) is 5.91 Å². The number of ether oxygens (including phenoxy) is 1. The quantitative estimate of drug-likeness (QED) is 0.650. The van der Waals surface area contributed by atoms with E-state index in [0.717, 1.165) is 46.4 Å². The van der Waals surface area contributed by atoms with Crippen molar-refractivity contribution in [1.82, 2.24) is 14.7 Å². The lowest BCUT2D eigenvalue weighted by atomic mass is 10.0. The van der Waals surface area contributed by atoms with Gasteiger partial charge in [-0.3, -0.25) is 9.48 Å². The van der Waals surface area contributed by atoms with Crippen molar-refractivity contribution in [3.63, 3.8) is 0 Å². The third kappa shape index (κ3) is 3.13. The van der Waals surface area contributed by atoms with Crippen molar-refractivity contribution in [3.8, 4) is 17.0 Å². The monoisotopic (exact) mass is 408 g/mol. The molecule has 0 radical (unpaired) electrons. The number of halogens is 1. The first-order valence-electron chi connectivity index (χ1n) is 9.69. The van der Waals surface area contributed by atoms with Crippen LogP contribution in [0.2, 0.25) is 5.02 Å². The zero-order chi connectivity index (χ0) is 20.0. The first-order chi connectivity index (χ1) is 14.1. The normalized spacial score (nSPS) is 15.5. The fraction of sp³-hybridized carbons (Fsp3) is 0.273. The highest BCUT2D eigenvalue weighted by atomic mass is 35.5. The van der Waals surface area contributed by atoms with Crippen LogP contribution in [0.4, 0.5) is 5.69 Å². The topological polar surface area (TPSA) is 50.6 Å². The van der Waals surface area contributed by atoms with Gasteiger partial charge >= 0.3 is 0 Å². The number of hydrogen-bond donors (Lipinski definition) is 0. The first kappa shape index (κ1) is 18.1. The predicted octanol–water partition coefficient (Wildman–Crippen LogP) is 3.60. The van der Waals surface area contributed by atoms with Gasteiger partial charge in [-0.1, -0.05) is 23.7 Å². The number of aromatic nitrogens is 2. The zero-order valence-electron chi connectivity index (χ0n) is 16.1. The molecular formula is C22H21ClN4O2. The molecule has 0 bridgehead atoms. The van der Waals surface area contributed by atoms with Crippen LogP contribution in [-0.2, 0) is 13.7 Å². The van der Waals surface area contributed by atoms with Gasteiger partial charge in [0.1, 0.15) is 12.4 Å².